The van der Waals surface area contributed by atoms with Crippen LogP contribution in [0.25, 0.3) is 0 Å². The molecular weight excluding hydrogens is 114 g/mol. The average Bonchev–Trinajstić information content (AvgIpc) is 1.60. The molecule has 9 heavy (non-hydrogen) atoms. The summed E-state index contributed by atoms with van der Waals surface area (Å²) in [5.41, 5.74) is 0. The number of likely N-dealkylation sites (N-methyl/N-ethyl adjacent to an activating group) is 1. The van der Waals surface area contributed by atoms with Crippen LogP contribution in [0.15, 0.2) is 0 Å². The first-order valence-corrected chi connectivity index (χ1v) is 3.12. The van der Waals surface area contributed by atoms with Crippen LogP contribution in [-0.4, -0.2) is 37.6 Å². The molecule has 50 valence electrons. The van der Waals surface area contributed by atoms with Crippen molar-refractivity contribution in [2.45, 2.75) is 6.04 Å². The summed E-state index contributed by atoms with van der Waals surface area (Å²) in [5, 5.41) is 11.4. The van der Waals surface area contributed by atoms with Gasteiger partial charge in [0.2, 0.25) is 0 Å². The lowest BCUT2D eigenvalue weighted by atomic mass is 10.1. The molecule has 0 amide bonds. The largest absolute Gasteiger partial charge is 0.314 e. The van der Waals surface area contributed by atoms with E-state index in [-0.39, 0.29) is 0 Å². The molecule has 0 unspecified atom stereocenters. The van der Waals surface area contributed by atoms with Gasteiger partial charge in [0.05, 0.1) is 12.6 Å². The predicted octanol–water partition coefficient (Wildman–Crippen LogP) is -0.586. The Hall–Kier alpha value is -0.590. The van der Waals surface area contributed by atoms with Gasteiger partial charge in [0.1, 0.15) is 0 Å². The van der Waals surface area contributed by atoms with Gasteiger partial charge < -0.3 is 5.32 Å². The van der Waals surface area contributed by atoms with Crippen LogP contribution in [0.1, 0.15) is 0 Å². The highest BCUT2D eigenvalue weighted by molar-refractivity contribution is 4.87. The van der Waals surface area contributed by atoms with E-state index >= 15 is 0 Å². The fourth-order valence-electron chi connectivity index (χ4n) is 0.826. The quantitative estimate of drug-likeness (QED) is 0.501. The van der Waals surface area contributed by atoms with Gasteiger partial charge in [0, 0.05) is 19.1 Å². The van der Waals surface area contributed by atoms with E-state index in [0.717, 1.165) is 13.1 Å². The predicted molar refractivity (Wildman–Crippen MR) is 34.9 cm³/mol. The molecule has 1 aliphatic heterocycles. The van der Waals surface area contributed by atoms with Gasteiger partial charge in [-0.2, -0.15) is 5.26 Å². The number of nitrogens with zero attached hydrogens (tertiary/aromatic N) is 2. The summed E-state index contributed by atoms with van der Waals surface area (Å²) >= 11 is 0. The van der Waals surface area contributed by atoms with Crippen molar-refractivity contribution in [1.82, 2.24) is 10.2 Å². The first-order valence-electron chi connectivity index (χ1n) is 3.12. The Bertz CT molecular complexity index is 123. The standard InChI is InChI=1S/C6H11N3/c1-9(3-2-7)6-4-8-5-6/h6,8H,3-5H2,1H3. The van der Waals surface area contributed by atoms with Gasteiger partial charge in [0.25, 0.3) is 0 Å². The summed E-state index contributed by atoms with van der Waals surface area (Å²) in [7, 11) is 1.98. The topological polar surface area (TPSA) is 39.1 Å². The minimum atomic E-state index is 0.548. The van der Waals surface area contributed by atoms with Crippen LogP contribution < -0.4 is 5.32 Å². The summed E-state index contributed by atoms with van der Waals surface area (Å²) in [4.78, 5) is 2.07. The second-order valence-electron chi connectivity index (χ2n) is 2.39. The fraction of sp³-hybridized carbons (Fsp3) is 0.833. The zero-order chi connectivity index (χ0) is 6.69. The third-order valence-corrected chi connectivity index (χ3v) is 1.70. The Balaban J connectivity index is 2.17. The first-order chi connectivity index (χ1) is 4.34. The Morgan fingerprint density at radius 2 is 2.44 bits per heavy atom. The molecule has 0 bridgehead atoms. The van der Waals surface area contributed by atoms with Gasteiger partial charge in [-0.25, -0.2) is 0 Å². The lowest BCUT2D eigenvalue weighted by molar-refractivity contribution is 0.199. The molecule has 1 heterocycles. The van der Waals surface area contributed by atoms with Crippen molar-refractivity contribution in [2.24, 2.45) is 0 Å². The van der Waals surface area contributed by atoms with Gasteiger partial charge in [-0.3, -0.25) is 4.90 Å². The fourth-order valence-corrected chi connectivity index (χ4v) is 0.826. The normalized spacial score (nSPS) is 19.2. The van der Waals surface area contributed by atoms with Crippen molar-refractivity contribution >= 4 is 0 Å². The molecule has 0 atom stereocenters. The number of nitriles is 1. The molecule has 3 heteroatoms. The van der Waals surface area contributed by atoms with Crippen LogP contribution in [0.4, 0.5) is 0 Å². The molecule has 0 aromatic carbocycles. The Morgan fingerprint density at radius 3 is 2.78 bits per heavy atom. The molecule has 0 aliphatic carbocycles. The number of hydrogen-bond acceptors (Lipinski definition) is 3. The van der Waals surface area contributed by atoms with Crippen molar-refractivity contribution in [3.63, 3.8) is 0 Å². The van der Waals surface area contributed by atoms with Crippen molar-refractivity contribution in [3.8, 4) is 6.07 Å². The van der Waals surface area contributed by atoms with Gasteiger partial charge in [-0.1, -0.05) is 0 Å². The van der Waals surface area contributed by atoms with E-state index in [4.69, 9.17) is 5.26 Å². The smallest absolute Gasteiger partial charge is 0.0866 e. The molecule has 1 aliphatic rings. The summed E-state index contributed by atoms with van der Waals surface area (Å²) in [6, 6.07) is 2.72. The van der Waals surface area contributed by atoms with Crippen LogP contribution in [0.3, 0.4) is 0 Å². The van der Waals surface area contributed by atoms with Crippen molar-refractivity contribution in [2.75, 3.05) is 26.7 Å². The monoisotopic (exact) mass is 125 g/mol. The Kier molecular flexibility index (Phi) is 2.04. The van der Waals surface area contributed by atoms with Gasteiger partial charge in [-0.05, 0) is 7.05 Å². The van der Waals surface area contributed by atoms with Crippen LogP contribution >= 0.6 is 0 Å². The molecule has 1 saturated heterocycles. The molecule has 0 saturated carbocycles. The van der Waals surface area contributed by atoms with E-state index in [2.05, 4.69) is 16.3 Å². The average molecular weight is 125 g/mol. The third kappa shape index (κ3) is 1.41. The molecule has 3 nitrogen and oxygen atoms in total. The number of hydrogen-bond donors (Lipinski definition) is 1. The van der Waals surface area contributed by atoms with Crippen molar-refractivity contribution < 1.29 is 0 Å². The highest BCUT2D eigenvalue weighted by atomic mass is 15.2. The minimum Gasteiger partial charge on any atom is -0.314 e. The molecular formula is C6H11N3. The lowest BCUT2D eigenvalue weighted by Gasteiger charge is -2.33. The van der Waals surface area contributed by atoms with Gasteiger partial charge >= 0.3 is 0 Å². The highest BCUT2D eigenvalue weighted by Crippen LogP contribution is 1.99. The first kappa shape index (κ1) is 6.53. The molecule has 1 rings (SSSR count). The summed E-state index contributed by atoms with van der Waals surface area (Å²) in [6.45, 7) is 2.63. The number of rotatable bonds is 2. The third-order valence-electron chi connectivity index (χ3n) is 1.70. The van der Waals surface area contributed by atoms with E-state index in [1.54, 1.807) is 0 Å². The minimum absolute atomic E-state index is 0.548. The molecule has 0 aromatic heterocycles. The molecule has 0 spiro atoms. The van der Waals surface area contributed by atoms with Crippen LogP contribution in [0, 0.1) is 11.3 Å². The van der Waals surface area contributed by atoms with E-state index in [1.165, 1.54) is 0 Å². The Morgan fingerprint density at radius 1 is 1.78 bits per heavy atom. The lowest BCUT2D eigenvalue weighted by Crippen LogP contribution is -2.55. The van der Waals surface area contributed by atoms with Crippen molar-refractivity contribution in [3.05, 3.63) is 0 Å². The van der Waals surface area contributed by atoms with Gasteiger partial charge in [0.15, 0.2) is 0 Å². The second-order valence-corrected chi connectivity index (χ2v) is 2.39. The van der Waals surface area contributed by atoms with E-state index < -0.39 is 0 Å². The van der Waals surface area contributed by atoms with Crippen LogP contribution in [-0.2, 0) is 0 Å². The van der Waals surface area contributed by atoms with E-state index in [1.807, 2.05) is 7.05 Å². The maximum Gasteiger partial charge on any atom is 0.0866 e. The maximum absolute atomic E-state index is 8.29. The summed E-state index contributed by atoms with van der Waals surface area (Å²) in [5.74, 6) is 0. The van der Waals surface area contributed by atoms with Crippen LogP contribution in [0.5, 0.6) is 0 Å². The molecule has 0 radical (unpaired) electrons. The Labute approximate surface area is 55.3 Å². The van der Waals surface area contributed by atoms with Crippen molar-refractivity contribution in [1.29, 1.82) is 5.26 Å². The highest BCUT2D eigenvalue weighted by Gasteiger charge is 2.20. The molecule has 1 N–H and O–H groups in total. The molecule has 0 aromatic rings. The summed E-state index contributed by atoms with van der Waals surface area (Å²) < 4.78 is 0. The maximum atomic E-state index is 8.29. The van der Waals surface area contributed by atoms with Crippen LogP contribution in [0.2, 0.25) is 0 Å². The van der Waals surface area contributed by atoms with Gasteiger partial charge in [-0.15, -0.1) is 0 Å². The number of nitrogens with one attached hydrogen (secondary N) is 1. The molecule has 1 fully saturated rings. The second kappa shape index (κ2) is 2.81. The zero-order valence-corrected chi connectivity index (χ0v) is 5.59. The SMILES string of the molecule is CN(CC#N)C1CNC1. The van der Waals surface area contributed by atoms with E-state index in [9.17, 15) is 0 Å². The zero-order valence-electron chi connectivity index (χ0n) is 5.59. The summed E-state index contributed by atoms with van der Waals surface area (Å²) in [6.07, 6.45) is 0. The van der Waals surface area contributed by atoms with E-state index in [0.29, 0.717) is 12.6 Å².